The molecule has 4 aromatic carbocycles. The minimum absolute atomic E-state index is 0.245. The molecule has 4 aromatic rings. The van der Waals surface area contributed by atoms with Gasteiger partial charge in [-0.25, -0.2) is 0 Å². The molecule has 0 aliphatic heterocycles. The second-order valence-electron chi connectivity index (χ2n) is 7.03. The van der Waals surface area contributed by atoms with Crippen LogP contribution in [0.3, 0.4) is 0 Å². The maximum absolute atomic E-state index is 10.7. The van der Waals surface area contributed by atoms with Crippen molar-refractivity contribution in [2.24, 2.45) is 0 Å². The summed E-state index contributed by atoms with van der Waals surface area (Å²) in [5.41, 5.74) is 15.8. The Kier molecular flexibility index (Phi) is 3.51. The van der Waals surface area contributed by atoms with Gasteiger partial charge >= 0.3 is 0 Å². The van der Waals surface area contributed by atoms with Crippen LogP contribution in [0.2, 0.25) is 0 Å². The fourth-order valence-electron chi connectivity index (χ4n) is 4.01. The van der Waals surface area contributed by atoms with Crippen molar-refractivity contribution < 1.29 is 5.11 Å². The number of hydrogen-bond acceptors (Lipinski definition) is 2. The summed E-state index contributed by atoms with van der Waals surface area (Å²) in [6.07, 6.45) is 0.912. The van der Waals surface area contributed by atoms with E-state index in [0.717, 1.165) is 28.7 Å². The van der Waals surface area contributed by atoms with Gasteiger partial charge in [0.15, 0.2) is 0 Å². The van der Waals surface area contributed by atoms with E-state index in [9.17, 15) is 5.11 Å². The lowest BCUT2D eigenvalue weighted by atomic mass is 9.94. The molecule has 2 nitrogen and oxygen atoms in total. The van der Waals surface area contributed by atoms with Gasteiger partial charge in [-0.3, -0.25) is 0 Å². The number of anilines is 1. The number of nitrogen functional groups attached to an aromatic ring is 1. The molecule has 0 unspecified atom stereocenters. The van der Waals surface area contributed by atoms with Crippen molar-refractivity contribution in [1.82, 2.24) is 0 Å². The van der Waals surface area contributed by atoms with E-state index in [0.29, 0.717) is 5.69 Å². The quantitative estimate of drug-likeness (QED) is 0.391. The minimum atomic E-state index is 0.245. The van der Waals surface area contributed by atoms with Crippen LogP contribution in [0, 0.1) is 0 Å². The van der Waals surface area contributed by atoms with Crippen LogP contribution in [0.5, 0.6) is 5.75 Å². The molecule has 0 saturated heterocycles. The van der Waals surface area contributed by atoms with E-state index >= 15 is 0 Å². The van der Waals surface area contributed by atoms with Crippen molar-refractivity contribution in [1.29, 1.82) is 0 Å². The number of phenolic OH excluding ortho intramolecular Hbond substituents is 1. The lowest BCUT2D eigenvalue weighted by molar-refractivity contribution is 0.477. The Hall–Kier alpha value is -3.52. The average Bonchev–Trinajstić information content (AvgIpc) is 3.05. The lowest BCUT2D eigenvalue weighted by Crippen LogP contribution is -1.94. The fraction of sp³-hybridized carbons (Fsp3) is 0.0400. The highest BCUT2D eigenvalue weighted by Gasteiger charge is 2.21. The molecule has 0 atom stereocenters. The van der Waals surface area contributed by atoms with Crippen LogP contribution >= 0.6 is 0 Å². The number of aromatic hydroxyl groups is 1. The van der Waals surface area contributed by atoms with Gasteiger partial charge in [0.05, 0.1) is 0 Å². The summed E-state index contributed by atoms with van der Waals surface area (Å²) in [6.45, 7) is 0. The highest BCUT2D eigenvalue weighted by Crippen LogP contribution is 2.43. The molecule has 1 aliphatic rings. The van der Waals surface area contributed by atoms with Crippen molar-refractivity contribution in [2.75, 3.05) is 5.73 Å². The minimum Gasteiger partial charge on any atom is -0.507 e. The molecular weight excluding hydrogens is 330 g/mol. The van der Waals surface area contributed by atoms with Crippen LogP contribution in [0.4, 0.5) is 5.69 Å². The van der Waals surface area contributed by atoms with E-state index < -0.39 is 0 Å². The molecule has 0 saturated carbocycles. The number of benzene rings is 4. The largest absolute Gasteiger partial charge is 0.507 e. The summed E-state index contributed by atoms with van der Waals surface area (Å²) in [7, 11) is 0. The van der Waals surface area contributed by atoms with E-state index in [1.165, 1.54) is 22.3 Å². The topological polar surface area (TPSA) is 46.2 Å². The van der Waals surface area contributed by atoms with Crippen LogP contribution in [-0.4, -0.2) is 5.11 Å². The smallest absolute Gasteiger partial charge is 0.124 e. The third kappa shape index (κ3) is 2.58. The van der Waals surface area contributed by atoms with Gasteiger partial charge in [-0.15, -0.1) is 0 Å². The van der Waals surface area contributed by atoms with Crippen LogP contribution in [-0.2, 0) is 6.42 Å². The summed E-state index contributed by atoms with van der Waals surface area (Å²) in [4.78, 5) is 0. The molecule has 130 valence electrons. The van der Waals surface area contributed by atoms with Gasteiger partial charge in [-0.1, -0.05) is 60.7 Å². The molecule has 0 fully saturated rings. The molecular formula is C25H19NO. The highest BCUT2D eigenvalue weighted by molar-refractivity contribution is 5.89. The fourth-order valence-corrected chi connectivity index (χ4v) is 4.01. The van der Waals surface area contributed by atoms with E-state index in [1.807, 2.05) is 48.5 Å². The van der Waals surface area contributed by atoms with Gasteiger partial charge in [-0.2, -0.15) is 0 Å². The second-order valence-corrected chi connectivity index (χ2v) is 7.03. The number of rotatable bonds is 2. The normalized spacial score (nSPS) is 11.9. The van der Waals surface area contributed by atoms with E-state index in [1.54, 1.807) is 0 Å². The lowest BCUT2D eigenvalue weighted by Gasteiger charge is -2.13. The monoisotopic (exact) mass is 349 g/mol. The maximum Gasteiger partial charge on any atom is 0.124 e. The Morgan fingerprint density at radius 1 is 0.593 bits per heavy atom. The van der Waals surface area contributed by atoms with Crippen LogP contribution in [0.25, 0.3) is 33.4 Å². The van der Waals surface area contributed by atoms with Gasteiger partial charge in [0.2, 0.25) is 0 Å². The Morgan fingerprint density at radius 2 is 1.37 bits per heavy atom. The molecule has 2 heteroatoms. The van der Waals surface area contributed by atoms with Gasteiger partial charge in [0, 0.05) is 16.8 Å². The first-order chi connectivity index (χ1) is 13.2. The Balaban J connectivity index is 1.62. The molecule has 5 rings (SSSR count). The van der Waals surface area contributed by atoms with Crippen LogP contribution in [0.1, 0.15) is 11.1 Å². The summed E-state index contributed by atoms with van der Waals surface area (Å²) in [5.74, 6) is 0.245. The molecule has 3 N–H and O–H groups in total. The number of nitrogens with two attached hydrogens (primary N) is 1. The zero-order valence-corrected chi connectivity index (χ0v) is 14.8. The predicted molar refractivity (Wildman–Crippen MR) is 112 cm³/mol. The van der Waals surface area contributed by atoms with Crippen molar-refractivity contribution >= 4 is 5.69 Å². The highest BCUT2D eigenvalue weighted by atomic mass is 16.3. The van der Waals surface area contributed by atoms with Crippen molar-refractivity contribution in [3.8, 4) is 39.1 Å². The second kappa shape index (κ2) is 6.03. The Morgan fingerprint density at radius 3 is 2.19 bits per heavy atom. The molecule has 1 aliphatic carbocycles. The third-order valence-electron chi connectivity index (χ3n) is 5.36. The van der Waals surface area contributed by atoms with E-state index in [-0.39, 0.29) is 5.75 Å². The zero-order chi connectivity index (χ0) is 18.4. The summed E-state index contributed by atoms with van der Waals surface area (Å²) in [5, 5.41) is 10.7. The first-order valence-corrected chi connectivity index (χ1v) is 9.10. The number of hydrogen-bond donors (Lipinski definition) is 2. The van der Waals surface area contributed by atoms with E-state index in [2.05, 4.69) is 36.4 Å². The van der Waals surface area contributed by atoms with Crippen LogP contribution < -0.4 is 5.73 Å². The van der Waals surface area contributed by atoms with E-state index in [4.69, 9.17) is 5.73 Å². The molecule has 0 radical (unpaired) electrons. The molecule has 27 heavy (non-hydrogen) atoms. The van der Waals surface area contributed by atoms with Gasteiger partial charge in [0.25, 0.3) is 0 Å². The summed E-state index contributed by atoms with van der Waals surface area (Å²) >= 11 is 0. The third-order valence-corrected chi connectivity index (χ3v) is 5.36. The van der Waals surface area contributed by atoms with Crippen molar-refractivity contribution in [3.05, 3.63) is 96.1 Å². The number of fused-ring (bicyclic) bond motifs is 3. The Labute approximate surface area is 158 Å². The van der Waals surface area contributed by atoms with Crippen LogP contribution in [0.15, 0.2) is 84.9 Å². The van der Waals surface area contributed by atoms with Crippen molar-refractivity contribution in [2.45, 2.75) is 6.42 Å². The average molecular weight is 349 g/mol. The predicted octanol–water partition coefficient (Wildman–Crippen LogP) is 5.88. The molecule has 0 aromatic heterocycles. The summed E-state index contributed by atoms with van der Waals surface area (Å²) < 4.78 is 0. The molecule has 0 amide bonds. The number of phenols is 1. The van der Waals surface area contributed by atoms with Crippen molar-refractivity contribution in [3.63, 3.8) is 0 Å². The Bertz CT molecular complexity index is 1160. The summed E-state index contributed by atoms with van der Waals surface area (Å²) in [6, 6.07) is 28.5. The SMILES string of the molecule is Nc1cc2c(cc1-c1ccc(-c3ccccc3)cc1O)-c1ccccc1C2. The standard InChI is InChI=1S/C25H19NO/c26-24-13-19-12-18-8-4-5-9-20(18)22(19)15-23(24)21-11-10-17(14-25(21)27)16-6-2-1-3-7-16/h1-11,13-15,27H,12,26H2. The van der Waals surface area contributed by atoms with Gasteiger partial charge in [0.1, 0.15) is 5.75 Å². The molecule has 0 bridgehead atoms. The maximum atomic E-state index is 10.7. The molecule has 0 spiro atoms. The first-order valence-electron chi connectivity index (χ1n) is 9.10. The van der Waals surface area contributed by atoms with Gasteiger partial charge in [-0.05, 0) is 64.1 Å². The first kappa shape index (κ1) is 15.7. The zero-order valence-electron chi connectivity index (χ0n) is 14.8. The van der Waals surface area contributed by atoms with Gasteiger partial charge < -0.3 is 10.8 Å². The molecule has 0 heterocycles.